The van der Waals surface area contributed by atoms with E-state index in [2.05, 4.69) is 34.6 Å². The first-order valence-corrected chi connectivity index (χ1v) is 7.45. The molecular formula is C16H19Cl2N3. The first-order chi connectivity index (χ1) is 10.0. The molecule has 2 aromatic carbocycles. The standard InChI is InChI=1S/C16H19Cl2N3/c1-21(2)13-8-6-11(7-9-13)15(20-19)10-12-4-3-5-14(17)16(12)18/h3-9,15,20H,10,19H2,1-2H3. The van der Waals surface area contributed by atoms with Gasteiger partial charge in [0, 0.05) is 19.8 Å². The molecule has 0 radical (unpaired) electrons. The number of hydrazine groups is 1. The minimum absolute atomic E-state index is 0.0165. The van der Waals surface area contributed by atoms with E-state index in [1.807, 2.05) is 26.2 Å². The van der Waals surface area contributed by atoms with Gasteiger partial charge in [0.2, 0.25) is 0 Å². The Kier molecular flexibility index (Phi) is 5.48. The molecule has 1 unspecified atom stereocenters. The maximum Gasteiger partial charge on any atom is 0.0624 e. The lowest BCUT2D eigenvalue weighted by Crippen LogP contribution is -2.29. The predicted molar refractivity (Wildman–Crippen MR) is 91.0 cm³/mol. The summed E-state index contributed by atoms with van der Waals surface area (Å²) in [6.07, 6.45) is 0.678. The predicted octanol–water partition coefficient (Wildman–Crippen LogP) is 3.81. The molecule has 0 fully saturated rings. The molecule has 0 saturated carbocycles. The molecule has 0 aliphatic carbocycles. The summed E-state index contributed by atoms with van der Waals surface area (Å²) in [6.45, 7) is 0. The highest BCUT2D eigenvalue weighted by molar-refractivity contribution is 6.42. The summed E-state index contributed by atoms with van der Waals surface area (Å²) in [6, 6.07) is 13.9. The minimum Gasteiger partial charge on any atom is -0.378 e. The van der Waals surface area contributed by atoms with Gasteiger partial charge in [-0.1, -0.05) is 47.5 Å². The molecule has 0 aromatic heterocycles. The zero-order chi connectivity index (χ0) is 15.4. The lowest BCUT2D eigenvalue weighted by atomic mass is 9.99. The van der Waals surface area contributed by atoms with Gasteiger partial charge in [-0.25, -0.2) is 0 Å². The molecule has 0 bridgehead atoms. The van der Waals surface area contributed by atoms with Crippen molar-refractivity contribution in [3.8, 4) is 0 Å². The van der Waals surface area contributed by atoms with Crippen LogP contribution < -0.4 is 16.2 Å². The maximum absolute atomic E-state index is 6.24. The van der Waals surface area contributed by atoms with Crippen LogP contribution in [0.5, 0.6) is 0 Å². The molecular weight excluding hydrogens is 305 g/mol. The molecule has 5 heteroatoms. The summed E-state index contributed by atoms with van der Waals surface area (Å²) >= 11 is 12.3. The Morgan fingerprint density at radius 2 is 1.76 bits per heavy atom. The van der Waals surface area contributed by atoms with Gasteiger partial charge in [-0.05, 0) is 35.7 Å². The molecule has 3 nitrogen and oxygen atoms in total. The van der Waals surface area contributed by atoms with Crippen molar-refractivity contribution in [1.29, 1.82) is 0 Å². The number of anilines is 1. The quantitative estimate of drug-likeness (QED) is 0.649. The van der Waals surface area contributed by atoms with Crippen LogP contribution in [0.3, 0.4) is 0 Å². The Balaban J connectivity index is 2.21. The molecule has 0 heterocycles. The fraction of sp³-hybridized carbons (Fsp3) is 0.250. The summed E-state index contributed by atoms with van der Waals surface area (Å²) in [5, 5.41) is 1.15. The Hall–Kier alpha value is -1.26. The van der Waals surface area contributed by atoms with Crippen LogP contribution in [-0.2, 0) is 6.42 Å². The van der Waals surface area contributed by atoms with Gasteiger partial charge in [-0.15, -0.1) is 0 Å². The van der Waals surface area contributed by atoms with Crippen molar-refractivity contribution in [3.63, 3.8) is 0 Å². The summed E-state index contributed by atoms with van der Waals surface area (Å²) in [5.41, 5.74) is 6.08. The maximum atomic E-state index is 6.24. The second-order valence-electron chi connectivity index (χ2n) is 5.12. The highest BCUT2D eigenvalue weighted by Crippen LogP contribution is 2.29. The first kappa shape index (κ1) is 16.1. The van der Waals surface area contributed by atoms with Crippen molar-refractivity contribution in [2.75, 3.05) is 19.0 Å². The van der Waals surface area contributed by atoms with E-state index in [-0.39, 0.29) is 6.04 Å². The fourth-order valence-electron chi connectivity index (χ4n) is 2.20. The van der Waals surface area contributed by atoms with Gasteiger partial charge in [0.05, 0.1) is 16.1 Å². The molecule has 112 valence electrons. The van der Waals surface area contributed by atoms with Crippen molar-refractivity contribution in [2.24, 2.45) is 5.84 Å². The van der Waals surface area contributed by atoms with Crippen LogP contribution >= 0.6 is 23.2 Å². The number of hydrogen-bond acceptors (Lipinski definition) is 3. The highest BCUT2D eigenvalue weighted by atomic mass is 35.5. The van der Waals surface area contributed by atoms with Crippen LogP contribution in [0.2, 0.25) is 10.0 Å². The van der Waals surface area contributed by atoms with E-state index in [4.69, 9.17) is 29.0 Å². The second-order valence-corrected chi connectivity index (χ2v) is 5.91. The van der Waals surface area contributed by atoms with Gasteiger partial charge in [0.25, 0.3) is 0 Å². The van der Waals surface area contributed by atoms with Gasteiger partial charge in [0.15, 0.2) is 0 Å². The van der Waals surface area contributed by atoms with E-state index in [1.165, 1.54) is 0 Å². The number of benzene rings is 2. The van der Waals surface area contributed by atoms with Crippen molar-refractivity contribution in [3.05, 3.63) is 63.6 Å². The van der Waals surface area contributed by atoms with Gasteiger partial charge < -0.3 is 4.90 Å². The molecule has 3 N–H and O–H groups in total. The first-order valence-electron chi connectivity index (χ1n) is 6.69. The lowest BCUT2D eigenvalue weighted by Gasteiger charge is -2.19. The average molecular weight is 324 g/mol. The molecule has 21 heavy (non-hydrogen) atoms. The Morgan fingerprint density at radius 3 is 2.33 bits per heavy atom. The molecule has 2 rings (SSSR count). The third kappa shape index (κ3) is 3.89. The van der Waals surface area contributed by atoms with E-state index in [1.54, 1.807) is 6.07 Å². The third-order valence-electron chi connectivity index (χ3n) is 3.47. The third-order valence-corrected chi connectivity index (χ3v) is 4.33. The lowest BCUT2D eigenvalue weighted by molar-refractivity contribution is 0.552. The van der Waals surface area contributed by atoms with Crippen molar-refractivity contribution >= 4 is 28.9 Å². The van der Waals surface area contributed by atoms with Gasteiger partial charge in [0.1, 0.15) is 0 Å². The molecule has 2 aromatic rings. The Labute approximate surface area is 135 Å². The van der Waals surface area contributed by atoms with Gasteiger partial charge in [-0.2, -0.15) is 0 Å². The van der Waals surface area contributed by atoms with Gasteiger partial charge >= 0.3 is 0 Å². The molecule has 0 aliphatic heterocycles. The topological polar surface area (TPSA) is 41.3 Å². The minimum atomic E-state index is -0.0165. The summed E-state index contributed by atoms with van der Waals surface area (Å²) in [5.74, 6) is 5.70. The largest absolute Gasteiger partial charge is 0.378 e. The van der Waals surface area contributed by atoms with Crippen LogP contribution in [-0.4, -0.2) is 14.1 Å². The van der Waals surface area contributed by atoms with Crippen molar-refractivity contribution in [1.82, 2.24) is 5.43 Å². The zero-order valence-electron chi connectivity index (χ0n) is 12.1. The summed E-state index contributed by atoms with van der Waals surface area (Å²) in [4.78, 5) is 2.06. The van der Waals surface area contributed by atoms with Crippen LogP contribution in [0.25, 0.3) is 0 Å². The molecule has 0 aliphatic rings. The second kappa shape index (κ2) is 7.14. The SMILES string of the molecule is CN(C)c1ccc(C(Cc2cccc(Cl)c2Cl)NN)cc1. The number of nitrogens with one attached hydrogen (secondary N) is 1. The van der Waals surface area contributed by atoms with Crippen molar-refractivity contribution < 1.29 is 0 Å². The number of nitrogens with zero attached hydrogens (tertiary/aromatic N) is 1. The number of halogens is 2. The molecule has 0 spiro atoms. The van der Waals surface area contributed by atoms with Crippen LogP contribution in [0, 0.1) is 0 Å². The van der Waals surface area contributed by atoms with Gasteiger partial charge in [-0.3, -0.25) is 11.3 Å². The zero-order valence-corrected chi connectivity index (χ0v) is 13.6. The van der Waals surface area contributed by atoms with E-state index < -0.39 is 0 Å². The summed E-state index contributed by atoms with van der Waals surface area (Å²) in [7, 11) is 4.03. The smallest absolute Gasteiger partial charge is 0.0624 e. The Bertz CT molecular complexity index is 597. The van der Waals surface area contributed by atoms with Crippen LogP contribution in [0.4, 0.5) is 5.69 Å². The van der Waals surface area contributed by atoms with Crippen LogP contribution in [0.15, 0.2) is 42.5 Å². The van der Waals surface area contributed by atoms with E-state index in [9.17, 15) is 0 Å². The number of nitrogens with two attached hydrogens (primary N) is 1. The monoisotopic (exact) mass is 323 g/mol. The van der Waals surface area contributed by atoms with E-state index in [0.717, 1.165) is 16.8 Å². The molecule has 0 saturated heterocycles. The molecule has 1 atom stereocenters. The number of hydrogen-bond donors (Lipinski definition) is 2. The molecule has 0 amide bonds. The van der Waals surface area contributed by atoms with E-state index >= 15 is 0 Å². The van der Waals surface area contributed by atoms with Crippen molar-refractivity contribution in [2.45, 2.75) is 12.5 Å². The summed E-state index contributed by atoms with van der Waals surface area (Å²) < 4.78 is 0. The number of rotatable bonds is 5. The average Bonchev–Trinajstić information content (AvgIpc) is 2.49. The van der Waals surface area contributed by atoms with E-state index in [0.29, 0.717) is 16.5 Å². The van der Waals surface area contributed by atoms with Crippen LogP contribution in [0.1, 0.15) is 17.2 Å². The normalized spacial score (nSPS) is 12.2. The fourth-order valence-corrected chi connectivity index (χ4v) is 2.60. The highest BCUT2D eigenvalue weighted by Gasteiger charge is 2.14. The Morgan fingerprint density at radius 1 is 1.10 bits per heavy atom.